The van der Waals surface area contributed by atoms with Gasteiger partial charge in [0.05, 0.1) is 20.9 Å². The first-order chi connectivity index (χ1) is 21.4. The maximum atomic E-state index is 12.5. The predicted octanol–water partition coefficient (Wildman–Crippen LogP) is 5.27. The number of ketones is 2. The zero-order valence-electron chi connectivity index (χ0n) is 27.3. The van der Waals surface area contributed by atoms with Crippen LogP contribution >= 0.6 is 7.26 Å². The van der Waals surface area contributed by atoms with Gasteiger partial charge >= 0.3 is 0 Å². The molecule has 0 unspecified atom stereocenters. The van der Waals surface area contributed by atoms with Gasteiger partial charge in [-0.3, -0.25) is 9.59 Å². The van der Waals surface area contributed by atoms with Crippen LogP contribution in [0.3, 0.4) is 0 Å². The number of hydrogen-bond acceptors (Lipinski definition) is 4. The molecule has 0 atom stereocenters. The Labute approximate surface area is 281 Å². The van der Waals surface area contributed by atoms with Crippen LogP contribution in [0, 0.1) is 0 Å². The normalized spacial score (nSPS) is 13.1. The Morgan fingerprint density at radius 2 is 1.00 bits per heavy atom. The molecular formula is C39H48BrO4P. The van der Waals surface area contributed by atoms with E-state index in [1.165, 1.54) is 62.2 Å². The second kappa shape index (κ2) is 20.0. The van der Waals surface area contributed by atoms with Crippen molar-refractivity contribution < 1.29 is 36.0 Å². The van der Waals surface area contributed by atoms with Gasteiger partial charge in [-0.1, -0.05) is 92.8 Å². The molecule has 0 bridgehead atoms. The third kappa shape index (κ3) is 10.1. The van der Waals surface area contributed by atoms with E-state index in [0.29, 0.717) is 17.6 Å². The number of unbranched alkanes of at least 4 members (excludes halogenated alkanes) is 7. The minimum absolute atomic E-state index is 0. The van der Waals surface area contributed by atoms with E-state index in [2.05, 4.69) is 104 Å². The summed E-state index contributed by atoms with van der Waals surface area (Å²) in [4.78, 5) is 24.7. The molecule has 0 radical (unpaired) electrons. The van der Waals surface area contributed by atoms with Gasteiger partial charge < -0.3 is 26.5 Å². The lowest BCUT2D eigenvalue weighted by Gasteiger charge is -2.22. The second-order valence-electron chi connectivity index (χ2n) is 11.1. The fraction of sp³-hybridized carbons (Fsp3) is 0.333. The van der Waals surface area contributed by atoms with E-state index in [4.69, 9.17) is 9.47 Å². The maximum absolute atomic E-state index is 12.5. The van der Waals surface area contributed by atoms with Crippen molar-refractivity contribution in [3.63, 3.8) is 0 Å². The van der Waals surface area contributed by atoms with Gasteiger partial charge in [-0.25, -0.2) is 0 Å². The molecule has 3 aromatic rings. The molecule has 6 heteroatoms. The fourth-order valence-electron chi connectivity index (χ4n) is 5.59. The van der Waals surface area contributed by atoms with Crippen molar-refractivity contribution in [1.29, 1.82) is 0 Å². The van der Waals surface area contributed by atoms with Gasteiger partial charge in [0.1, 0.15) is 23.2 Å². The van der Waals surface area contributed by atoms with Crippen molar-refractivity contribution in [3.8, 4) is 0 Å². The Balaban J connectivity index is 0.000000310. The van der Waals surface area contributed by atoms with E-state index >= 15 is 0 Å². The van der Waals surface area contributed by atoms with Gasteiger partial charge in [0.15, 0.2) is 0 Å². The number of ether oxygens (including phenoxy) is 2. The first-order valence-electron chi connectivity index (χ1n) is 15.7. The molecule has 3 aromatic carbocycles. The summed E-state index contributed by atoms with van der Waals surface area (Å²) in [5, 5.41) is 4.28. The lowest BCUT2D eigenvalue weighted by Crippen LogP contribution is -3.00. The number of benzene rings is 3. The van der Waals surface area contributed by atoms with Gasteiger partial charge in [-0.2, -0.15) is 0 Å². The van der Waals surface area contributed by atoms with Crippen LogP contribution in [0.25, 0.3) is 0 Å². The number of hydrogen-bond donors (Lipinski definition) is 0. The van der Waals surface area contributed by atoms with Crippen molar-refractivity contribution in [2.24, 2.45) is 0 Å². The summed E-state index contributed by atoms with van der Waals surface area (Å²) < 4.78 is 10.1. The highest BCUT2D eigenvalue weighted by molar-refractivity contribution is 7.95. The number of allylic oxidation sites excluding steroid dienone is 3. The van der Waals surface area contributed by atoms with E-state index in [-0.39, 0.29) is 40.1 Å². The highest BCUT2D eigenvalue weighted by Gasteiger charge is 2.39. The molecule has 0 N–H and O–H groups in total. The van der Waals surface area contributed by atoms with E-state index < -0.39 is 7.26 Å². The van der Waals surface area contributed by atoms with Crippen molar-refractivity contribution in [3.05, 3.63) is 126 Å². The van der Waals surface area contributed by atoms with Crippen LogP contribution in [-0.2, 0) is 19.1 Å². The molecule has 1 aliphatic rings. The second-order valence-corrected chi connectivity index (χ2v) is 14.7. The summed E-state index contributed by atoms with van der Waals surface area (Å²) >= 11 is 0. The number of carbonyl (C=O) groups excluding carboxylic acids is 2. The summed E-state index contributed by atoms with van der Waals surface area (Å²) in [7, 11) is 1.25. The lowest BCUT2D eigenvalue weighted by atomic mass is 9.89. The van der Waals surface area contributed by atoms with Crippen molar-refractivity contribution in [2.75, 3.05) is 20.9 Å². The van der Waals surface area contributed by atoms with Gasteiger partial charge in [0.25, 0.3) is 0 Å². The van der Waals surface area contributed by atoms with Crippen molar-refractivity contribution >= 4 is 34.7 Å². The van der Waals surface area contributed by atoms with E-state index in [1.807, 2.05) is 6.08 Å². The molecule has 0 amide bonds. The highest BCUT2D eigenvalue weighted by Crippen LogP contribution is 2.51. The summed E-state index contributed by atoms with van der Waals surface area (Å²) in [5.74, 6) is -0.407. The number of halogens is 1. The molecule has 0 saturated heterocycles. The van der Waals surface area contributed by atoms with Gasteiger partial charge in [0.2, 0.25) is 23.1 Å². The smallest absolute Gasteiger partial charge is 0.228 e. The van der Waals surface area contributed by atoms with E-state index in [9.17, 15) is 9.59 Å². The highest BCUT2D eigenvalue weighted by atomic mass is 79.9. The van der Waals surface area contributed by atoms with Crippen LogP contribution in [0.1, 0.15) is 64.7 Å². The first-order valence-corrected chi connectivity index (χ1v) is 17.9. The number of methoxy groups -OCH3 is 2. The monoisotopic (exact) mass is 690 g/mol. The molecule has 45 heavy (non-hydrogen) atoms. The largest absolute Gasteiger partial charge is 1.00 e. The van der Waals surface area contributed by atoms with Gasteiger partial charge in [-0.15, -0.1) is 6.58 Å². The molecule has 240 valence electrons. The molecule has 1 aliphatic carbocycles. The van der Waals surface area contributed by atoms with Gasteiger partial charge in [-0.05, 0) is 69.0 Å². The summed E-state index contributed by atoms with van der Waals surface area (Å²) in [6.45, 7) is 7.83. The average Bonchev–Trinajstić information content (AvgIpc) is 3.08. The molecule has 4 nitrogen and oxygen atoms in total. The Hall–Kier alpha value is -3.27. The maximum Gasteiger partial charge on any atom is 0.228 e. The lowest BCUT2D eigenvalue weighted by molar-refractivity contribution is -0.121. The molecule has 4 rings (SSSR count). The number of Topliss-reactive ketones (excluding diaryl/α,β-unsaturated/α-hetero) is 2. The SMILES string of the molecule is C=CCCCCCCCCCC1=C(C)C(=O)C(OC)=C(OC)C1=O.C[P+](c1ccccc1)(c1ccccc1)c1ccccc1.[Br-]. The average molecular weight is 692 g/mol. The van der Waals surface area contributed by atoms with E-state index in [0.717, 1.165) is 19.3 Å². The Morgan fingerprint density at radius 1 is 0.622 bits per heavy atom. The van der Waals surface area contributed by atoms with Crippen LogP contribution in [0.15, 0.2) is 126 Å². The molecule has 0 spiro atoms. The number of carbonyl (C=O) groups is 2. The fourth-order valence-corrected chi connectivity index (χ4v) is 8.79. The molecule has 0 saturated carbocycles. The molecular weight excluding hydrogens is 643 g/mol. The zero-order chi connectivity index (χ0) is 31.8. The van der Waals surface area contributed by atoms with Crippen LogP contribution in [0.4, 0.5) is 0 Å². The topological polar surface area (TPSA) is 52.6 Å². The van der Waals surface area contributed by atoms with Crippen molar-refractivity contribution in [1.82, 2.24) is 0 Å². The van der Waals surface area contributed by atoms with Crippen molar-refractivity contribution in [2.45, 2.75) is 64.7 Å². The number of rotatable bonds is 15. The summed E-state index contributed by atoms with van der Waals surface area (Å²) in [6, 6.07) is 32.6. The van der Waals surface area contributed by atoms with Crippen LogP contribution < -0.4 is 32.9 Å². The molecule has 0 aliphatic heterocycles. The zero-order valence-corrected chi connectivity index (χ0v) is 29.7. The standard InChI is InChI=1S/C20H30O4.C19H18P.BrH/c1-5-6-7-8-9-10-11-12-13-14-16-15(2)17(21)19(23-3)20(24-4)18(16)22;1-20(17-11-5-2-6-12-17,18-13-7-3-8-14-18)19-15-9-4-10-16-19;/h5H,1,6-14H2,2-4H3;2-16H,1H3;1H/q;+1;/p-1. The third-order valence-electron chi connectivity index (χ3n) is 8.25. The van der Waals surface area contributed by atoms with Crippen LogP contribution in [-0.4, -0.2) is 32.5 Å². The molecule has 0 aromatic heterocycles. The minimum Gasteiger partial charge on any atom is -1.00 e. The van der Waals surface area contributed by atoms with Crippen LogP contribution in [0.5, 0.6) is 0 Å². The third-order valence-corrected chi connectivity index (χ3v) is 12.2. The Bertz CT molecular complexity index is 1320. The minimum atomic E-state index is -1.53. The summed E-state index contributed by atoms with van der Waals surface area (Å²) in [6.07, 6.45) is 11.8. The molecule has 0 fully saturated rings. The first kappa shape index (κ1) is 37.9. The predicted molar refractivity (Wildman–Crippen MR) is 187 cm³/mol. The summed E-state index contributed by atoms with van der Waals surface area (Å²) in [5.41, 5.74) is 1.06. The van der Waals surface area contributed by atoms with Gasteiger partial charge in [0, 0.05) is 11.1 Å². The Morgan fingerprint density at radius 3 is 1.40 bits per heavy atom. The quantitative estimate of drug-likeness (QED) is 0.0944. The Kier molecular flexibility index (Phi) is 16.8. The van der Waals surface area contributed by atoms with Crippen LogP contribution in [0.2, 0.25) is 0 Å². The van der Waals surface area contributed by atoms with E-state index in [1.54, 1.807) is 6.92 Å². The molecule has 0 heterocycles.